The molecule has 0 amide bonds. The number of carboxylic acids is 1. The third-order valence-corrected chi connectivity index (χ3v) is 2.93. The molecule has 1 N–H and O–H groups in total. The standard InChI is InChI=1S/C12H13NO3/c1-13-7-6-10(14)11(13)8-2-4-9(5-3-8)12(15)16/h2-5,11H,6-7H2,1H3,(H,15,16). The Bertz CT molecular complexity index is 424. The minimum Gasteiger partial charge on any atom is -0.478 e. The lowest BCUT2D eigenvalue weighted by Gasteiger charge is -2.18. The molecule has 0 radical (unpaired) electrons. The SMILES string of the molecule is CN1CCC(=O)C1c1ccc(C(=O)O)cc1. The van der Waals surface area contributed by atoms with Gasteiger partial charge in [-0.25, -0.2) is 4.79 Å². The Kier molecular flexibility index (Phi) is 2.75. The quantitative estimate of drug-likeness (QED) is 0.815. The highest BCUT2D eigenvalue weighted by molar-refractivity contribution is 5.89. The summed E-state index contributed by atoms with van der Waals surface area (Å²) in [5.41, 5.74) is 1.12. The van der Waals surface area contributed by atoms with Crippen LogP contribution in [0.2, 0.25) is 0 Å². The van der Waals surface area contributed by atoms with E-state index in [0.717, 1.165) is 12.1 Å². The molecule has 1 fully saturated rings. The number of likely N-dealkylation sites (N-methyl/N-ethyl adjacent to an activating group) is 1. The number of aromatic carboxylic acids is 1. The van der Waals surface area contributed by atoms with Crippen molar-refractivity contribution in [3.63, 3.8) is 0 Å². The first kappa shape index (κ1) is 10.8. The highest BCUT2D eigenvalue weighted by Gasteiger charge is 2.30. The smallest absolute Gasteiger partial charge is 0.335 e. The molecule has 0 spiro atoms. The molecular weight excluding hydrogens is 206 g/mol. The second kappa shape index (κ2) is 4.06. The van der Waals surface area contributed by atoms with E-state index >= 15 is 0 Å². The summed E-state index contributed by atoms with van der Waals surface area (Å²) in [5, 5.41) is 8.77. The zero-order valence-corrected chi connectivity index (χ0v) is 9.01. The fourth-order valence-corrected chi connectivity index (χ4v) is 2.05. The van der Waals surface area contributed by atoms with Crippen molar-refractivity contribution in [3.05, 3.63) is 35.4 Å². The molecule has 4 heteroatoms. The maximum Gasteiger partial charge on any atom is 0.335 e. The van der Waals surface area contributed by atoms with Gasteiger partial charge in [0, 0.05) is 13.0 Å². The van der Waals surface area contributed by atoms with Crippen molar-refractivity contribution in [2.75, 3.05) is 13.6 Å². The number of likely N-dealkylation sites (tertiary alicyclic amines) is 1. The van der Waals surface area contributed by atoms with Crippen LogP contribution in [0.25, 0.3) is 0 Å². The van der Waals surface area contributed by atoms with Crippen LogP contribution in [0.3, 0.4) is 0 Å². The molecule has 84 valence electrons. The van der Waals surface area contributed by atoms with E-state index < -0.39 is 5.97 Å². The maximum atomic E-state index is 11.6. The van der Waals surface area contributed by atoms with Crippen LogP contribution in [-0.2, 0) is 4.79 Å². The Balaban J connectivity index is 2.27. The van der Waals surface area contributed by atoms with Gasteiger partial charge in [0.15, 0.2) is 5.78 Å². The monoisotopic (exact) mass is 219 g/mol. The average Bonchev–Trinajstić information content (AvgIpc) is 2.59. The van der Waals surface area contributed by atoms with Crippen LogP contribution < -0.4 is 0 Å². The Morgan fingerprint density at radius 1 is 1.38 bits per heavy atom. The highest BCUT2D eigenvalue weighted by atomic mass is 16.4. The molecule has 0 saturated carbocycles. The molecule has 0 aliphatic carbocycles. The molecule has 1 aliphatic rings. The van der Waals surface area contributed by atoms with Crippen molar-refractivity contribution in [2.24, 2.45) is 0 Å². The van der Waals surface area contributed by atoms with Gasteiger partial charge in [0.2, 0.25) is 0 Å². The summed E-state index contributed by atoms with van der Waals surface area (Å²) in [4.78, 5) is 24.3. The van der Waals surface area contributed by atoms with Crippen molar-refractivity contribution in [1.29, 1.82) is 0 Å². The van der Waals surface area contributed by atoms with Crippen molar-refractivity contribution in [2.45, 2.75) is 12.5 Å². The molecule has 1 heterocycles. The molecule has 4 nitrogen and oxygen atoms in total. The summed E-state index contributed by atoms with van der Waals surface area (Å²) >= 11 is 0. The number of hydrogen-bond acceptors (Lipinski definition) is 3. The van der Waals surface area contributed by atoms with Crippen molar-refractivity contribution >= 4 is 11.8 Å². The van der Waals surface area contributed by atoms with Crippen LogP contribution in [0.5, 0.6) is 0 Å². The summed E-state index contributed by atoms with van der Waals surface area (Å²) in [6.45, 7) is 0.768. The van der Waals surface area contributed by atoms with E-state index in [4.69, 9.17) is 5.11 Å². The second-order valence-corrected chi connectivity index (χ2v) is 4.03. The minimum absolute atomic E-state index is 0.200. The molecule has 2 rings (SSSR count). The summed E-state index contributed by atoms with van der Waals surface area (Å²) < 4.78 is 0. The molecule has 1 saturated heterocycles. The number of hydrogen-bond donors (Lipinski definition) is 1. The van der Waals surface area contributed by atoms with Gasteiger partial charge in [-0.15, -0.1) is 0 Å². The van der Waals surface area contributed by atoms with E-state index in [1.54, 1.807) is 12.1 Å². The molecule has 1 atom stereocenters. The lowest BCUT2D eigenvalue weighted by atomic mass is 10.0. The highest BCUT2D eigenvalue weighted by Crippen LogP contribution is 2.27. The van der Waals surface area contributed by atoms with Gasteiger partial charge in [0.25, 0.3) is 0 Å². The Labute approximate surface area is 93.5 Å². The predicted molar refractivity (Wildman–Crippen MR) is 58.4 cm³/mol. The summed E-state index contributed by atoms with van der Waals surface area (Å²) in [6.07, 6.45) is 0.571. The zero-order chi connectivity index (χ0) is 11.7. The first-order valence-corrected chi connectivity index (χ1v) is 5.16. The summed E-state index contributed by atoms with van der Waals surface area (Å²) in [5.74, 6) is -0.747. The molecule has 1 unspecified atom stereocenters. The van der Waals surface area contributed by atoms with Gasteiger partial charge in [-0.1, -0.05) is 12.1 Å². The number of ketones is 1. The van der Waals surface area contributed by atoms with Gasteiger partial charge in [0.05, 0.1) is 11.6 Å². The van der Waals surface area contributed by atoms with Gasteiger partial charge < -0.3 is 5.11 Å². The Morgan fingerprint density at radius 3 is 2.44 bits per heavy atom. The number of carbonyl (C=O) groups is 2. The fraction of sp³-hybridized carbons (Fsp3) is 0.333. The van der Waals surface area contributed by atoms with Crippen molar-refractivity contribution < 1.29 is 14.7 Å². The van der Waals surface area contributed by atoms with Gasteiger partial charge >= 0.3 is 5.97 Å². The molecule has 1 aliphatic heterocycles. The van der Waals surface area contributed by atoms with Crippen LogP contribution >= 0.6 is 0 Å². The second-order valence-electron chi connectivity index (χ2n) is 4.03. The minimum atomic E-state index is -0.947. The number of carboxylic acid groups (broad SMARTS) is 1. The van der Waals surface area contributed by atoms with Crippen molar-refractivity contribution in [1.82, 2.24) is 4.90 Å². The Morgan fingerprint density at radius 2 is 2.00 bits per heavy atom. The fourth-order valence-electron chi connectivity index (χ4n) is 2.05. The van der Waals surface area contributed by atoms with Crippen molar-refractivity contribution in [3.8, 4) is 0 Å². The molecule has 16 heavy (non-hydrogen) atoms. The normalized spacial score (nSPS) is 21.3. The molecular formula is C12H13NO3. The third kappa shape index (κ3) is 1.84. The van der Waals surface area contributed by atoms with Gasteiger partial charge in [0.1, 0.15) is 0 Å². The molecule has 1 aromatic rings. The maximum absolute atomic E-state index is 11.6. The lowest BCUT2D eigenvalue weighted by molar-refractivity contribution is -0.119. The van der Waals surface area contributed by atoms with Crippen LogP contribution in [0.1, 0.15) is 28.4 Å². The molecule has 0 aromatic heterocycles. The van der Waals surface area contributed by atoms with E-state index in [-0.39, 0.29) is 17.4 Å². The van der Waals surface area contributed by atoms with Gasteiger partial charge in [-0.2, -0.15) is 0 Å². The Hall–Kier alpha value is -1.68. The summed E-state index contributed by atoms with van der Waals surface area (Å²) in [7, 11) is 1.90. The number of rotatable bonds is 2. The van der Waals surface area contributed by atoms with E-state index in [2.05, 4.69) is 0 Å². The predicted octanol–water partition coefficient (Wildman–Crippen LogP) is 1.33. The zero-order valence-electron chi connectivity index (χ0n) is 9.01. The average molecular weight is 219 g/mol. The first-order valence-electron chi connectivity index (χ1n) is 5.16. The van der Waals surface area contributed by atoms with Crippen LogP contribution in [0.4, 0.5) is 0 Å². The van der Waals surface area contributed by atoms with E-state index in [9.17, 15) is 9.59 Å². The number of Topliss-reactive ketones (excluding diaryl/α,β-unsaturated/α-hetero) is 1. The molecule has 0 bridgehead atoms. The number of carbonyl (C=O) groups excluding carboxylic acids is 1. The number of nitrogens with zero attached hydrogens (tertiary/aromatic N) is 1. The van der Waals surface area contributed by atoms with Crippen LogP contribution in [-0.4, -0.2) is 35.4 Å². The summed E-state index contributed by atoms with van der Waals surface area (Å²) in [6, 6.07) is 6.30. The lowest BCUT2D eigenvalue weighted by Crippen LogP contribution is -2.21. The number of benzene rings is 1. The van der Waals surface area contributed by atoms with E-state index in [0.29, 0.717) is 6.42 Å². The van der Waals surface area contributed by atoms with Gasteiger partial charge in [-0.05, 0) is 24.7 Å². The van der Waals surface area contributed by atoms with Crippen LogP contribution in [0.15, 0.2) is 24.3 Å². The molecule has 1 aromatic carbocycles. The largest absolute Gasteiger partial charge is 0.478 e. The first-order chi connectivity index (χ1) is 7.59. The van der Waals surface area contributed by atoms with Gasteiger partial charge in [-0.3, -0.25) is 9.69 Å². The third-order valence-electron chi connectivity index (χ3n) is 2.93. The van der Waals surface area contributed by atoms with E-state index in [1.165, 1.54) is 12.1 Å². The van der Waals surface area contributed by atoms with Crippen LogP contribution in [0, 0.1) is 0 Å². The topological polar surface area (TPSA) is 57.6 Å². The van der Waals surface area contributed by atoms with E-state index in [1.807, 2.05) is 11.9 Å².